The molecule has 3 atom stereocenters. The molecule has 0 spiro atoms. The number of urea groups is 1. The van der Waals surface area contributed by atoms with Crippen LogP contribution in [0.1, 0.15) is 115 Å². The number of nitrogens with one attached hydrogen (secondary N) is 3. The number of rotatable bonds is 30. The molecule has 0 fully saturated rings. The van der Waals surface area contributed by atoms with Gasteiger partial charge in [0.15, 0.2) is 5.71 Å². The molecule has 87 heavy (non-hydrogen) atoms. The lowest BCUT2D eigenvalue weighted by Gasteiger charge is -2.27. The molecule has 0 aromatic heterocycles. The number of hydrogen-bond donors (Lipinski definition) is 11. The van der Waals surface area contributed by atoms with E-state index in [9.17, 15) is 83.0 Å². The Morgan fingerprint density at radius 1 is 0.690 bits per heavy atom. The number of amides is 3. The predicted molar refractivity (Wildman–Crippen MR) is 322 cm³/mol. The van der Waals surface area contributed by atoms with Crippen LogP contribution in [0, 0.1) is 0 Å². The first kappa shape index (κ1) is 68.7. The van der Waals surface area contributed by atoms with Gasteiger partial charge in [0.25, 0.3) is 30.4 Å². The average Bonchev–Trinajstić information content (AvgIpc) is 1.64. The van der Waals surface area contributed by atoms with Gasteiger partial charge in [0, 0.05) is 71.6 Å². The van der Waals surface area contributed by atoms with Crippen LogP contribution in [0.15, 0.2) is 117 Å². The smallest absolute Gasteiger partial charge is 0.326 e. The Kier molecular flexibility index (Phi) is 22.6. The van der Waals surface area contributed by atoms with Crippen molar-refractivity contribution >= 4 is 95.9 Å². The highest BCUT2D eigenvalue weighted by Crippen LogP contribution is 2.49. The van der Waals surface area contributed by atoms with Gasteiger partial charge in [-0.2, -0.15) is 29.8 Å². The highest BCUT2D eigenvalue weighted by atomic mass is 32.2. The number of thiol groups is 1. The van der Waals surface area contributed by atoms with Crippen LogP contribution < -0.4 is 25.6 Å². The number of benzene rings is 3. The van der Waals surface area contributed by atoms with E-state index >= 15 is 0 Å². The van der Waals surface area contributed by atoms with Crippen LogP contribution in [-0.4, -0.2) is 148 Å². The van der Waals surface area contributed by atoms with Crippen molar-refractivity contribution in [3.8, 4) is 5.75 Å². The van der Waals surface area contributed by atoms with Gasteiger partial charge >= 0.3 is 29.9 Å². The zero-order valence-corrected chi connectivity index (χ0v) is 51.5. The Hall–Kier alpha value is -7.41. The predicted octanol–water partition coefficient (Wildman–Crippen LogP) is 6.58. The van der Waals surface area contributed by atoms with Gasteiger partial charge in [-0.3, -0.25) is 23.2 Å². The van der Waals surface area contributed by atoms with Crippen molar-refractivity contribution in [3.63, 3.8) is 0 Å². The van der Waals surface area contributed by atoms with E-state index in [1.165, 1.54) is 12.1 Å². The molecule has 3 aromatic rings. The first-order valence-corrected chi connectivity index (χ1v) is 32.8. The van der Waals surface area contributed by atoms with Crippen molar-refractivity contribution in [2.24, 2.45) is 0 Å². The van der Waals surface area contributed by atoms with E-state index in [0.29, 0.717) is 72.7 Å². The molecule has 0 bridgehead atoms. The normalized spacial score (nSPS) is 17.6. The van der Waals surface area contributed by atoms with E-state index in [0.717, 1.165) is 33.0 Å². The fraction of sp³-hybridized carbons (Fsp3) is 0.431. The molecule has 2 heterocycles. The molecular weight excluding hydrogens is 1210 g/mol. The molecular formula is C58H72N5O20S4+. The third kappa shape index (κ3) is 18.8. The van der Waals surface area contributed by atoms with Crippen molar-refractivity contribution in [2.45, 2.75) is 143 Å². The number of carboxylic acid groups (broad SMARTS) is 4. The number of aliphatic carboxylic acids is 4. The van der Waals surface area contributed by atoms with Crippen molar-refractivity contribution in [3.05, 3.63) is 124 Å². The molecule has 0 unspecified atom stereocenters. The summed E-state index contributed by atoms with van der Waals surface area (Å²) in [5.74, 6) is -6.92. The number of carbonyl (C=O) groups excluding carboxylic acids is 2. The van der Waals surface area contributed by atoms with Crippen LogP contribution in [-0.2, 0) is 71.6 Å². The summed E-state index contributed by atoms with van der Waals surface area (Å²) in [7, 11) is -13.1. The van der Waals surface area contributed by atoms with E-state index in [2.05, 4.69) is 36.4 Å². The molecule has 472 valence electrons. The fourth-order valence-corrected chi connectivity index (χ4v) is 12.6. The highest BCUT2D eigenvalue weighted by Gasteiger charge is 2.45. The SMILES string of the molecule is CC1(C)C(/C=C/C2=C(Oc3ccc(C[C@H](NC(=O)CC[C@H](NC(=O)N[C@@H](CCC(=O)O)C(=O)O)C(=O)O)C(=O)O)cc3)C(=C/C=C3/N(CCCCS(=O)(=O)O)c4ccc(S(=O)(=O)O)cc4C3(C)C)/CCC2)=[N+](CCCCS(=O)(=O)O)c2ccc(S)cc21. The molecule has 2 aliphatic heterocycles. The zero-order chi connectivity index (χ0) is 64.4. The summed E-state index contributed by atoms with van der Waals surface area (Å²) in [4.78, 5) is 74.9. The zero-order valence-electron chi connectivity index (χ0n) is 48.1. The molecule has 0 saturated carbocycles. The third-order valence-electron chi connectivity index (χ3n) is 15.2. The molecule has 0 radical (unpaired) electrons. The largest absolute Gasteiger partial charge is 0.481 e. The highest BCUT2D eigenvalue weighted by molar-refractivity contribution is 7.86. The number of anilines is 1. The summed E-state index contributed by atoms with van der Waals surface area (Å²) in [5.41, 5.74) is 5.07. The summed E-state index contributed by atoms with van der Waals surface area (Å²) in [6, 6.07) is 10.2. The monoisotopic (exact) mass is 1290 g/mol. The average molecular weight is 1290 g/mol. The molecule has 25 nitrogen and oxygen atoms in total. The minimum absolute atomic E-state index is 0.110. The van der Waals surface area contributed by atoms with Crippen LogP contribution in [0.4, 0.5) is 16.2 Å². The Bertz CT molecular complexity index is 3680. The molecule has 3 aromatic carbocycles. The third-order valence-corrected chi connectivity index (χ3v) is 17.9. The maximum Gasteiger partial charge on any atom is 0.326 e. The van der Waals surface area contributed by atoms with Gasteiger partial charge in [-0.15, -0.1) is 12.6 Å². The Morgan fingerprint density at radius 2 is 1.30 bits per heavy atom. The lowest BCUT2D eigenvalue weighted by molar-refractivity contribution is -0.438. The van der Waals surface area contributed by atoms with Gasteiger partial charge < -0.3 is 46.0 Å². The molecule has 0 saturated heterocycles. The summed E-state index contributed by atoms with van der Waals surface area (Å²) in [6.07, 6.45) is 7.93. The molecule has 1 aliphatic carbocycles. The van der Waals surface area contributed by atoms with Crippen LogP contribution in [0.5, 0.6) is 5.75 Å². The van der Waals surface area contributed by atoms with Crippen LogP contribution >= 0.6 is 12.6 Å². The van der Waals surface area contributed by atoms with E-state index in [1.807, 2.05) is 71.9 Å². The summed E-state index contributed by atoms with van der Waals surface area (Å²) in [5, 5.41) is 44.5. The number of unbranched alkanes of at least 4 members (excludes halogenated alkanes) is 2. The number of fused-ring (bicyclic) bond motifs is 2. The molecule has 6 rings (SSSR count). The van der Waals surface area contributed by atoms with E-state index in [-0.39, 0.29) is 30.7 Å². The lowest BCUT2D eigenvalue weighted by Crippen LogP contribution is -2.51. The maximum atomic E-state index is 13.1. The second kappa shape index (κ2) is 28.6. The summed E-state index contributed by atoms with van der Waals surface area (Å²) >= 11 is 4.63. The fourth-order valence-electron chi connectivity index (χ4n) is 10.7. The number of allylic oxidation sites excluding steroid dienone is 7. The standard InChI is InChI=1S/C58H71N5O20S4/c1-57(2)41-33-39(84)18-22-46(41)62(28-5-7-30-85(74,75)76)48(57)24-14-36-10-9-11-37(15-25-49-58(3,4)42-34-40(87(80,81)82)19-23-47(42)63(49)29-6-8-31-86(77,78)79)52(36)83-38-16-12-35(13-17-38)32-45(55(71)72)59-50(64)26-20-43(53(67)68)60-56(73)61-44(54(69)70)21-27-51(65)66/h12-19,22-25,33-34,43-45H,5-11,20-21,26-32H2,1-4H3,(H10-,59,60,61,64,65,66,67,68,69,70,71,72,73,74,75,76,77,78,79,80,81,82,84)/p+1/t43-,44-,45-/m0/s1. The molecule has 10 N–H and O–H groups in total. The number of ether oxygens (including phenoxy) is 1. The summed E-state index contributed by atoms with van der Waals surface area (Å²) < 4.78 is 109. The van der Waals surface area contributed by atoms with Gasteiger partial charge in [-0.1, -0.05) is 32.1 Å². The quantitative estimate of drug-likeness (QED) is 0.0145. The minimum atomic E-state index is -4.61. The maximum absolute atomic E-state index is 13.1. The minimum Gasteiger partial charge on any atom is -0.481 e. The van der Waals surface area contributed by atoms with E-state index < -0.39 is 132 Å². The first-order chi connectivity index (χ1) is 40.5. The van der Waals surface area contributed by atoms with Crippen LogP contribution in [0.3, 0.4) is 0 Å². The van der Waals surface area contributed by atoms with Crippen molar-refractivity contribution in [2.75, 3.05) is 29.5 Å². The van der Waals surface area contributed by atoms with Gasteiger partial charge in [-0.25, -0.2) is 19.2 Å². The van der Waals surface area contributed by atoms with Crippen molar-refractivity contribution in [1.29, 1.82) is 0 Å². The lowest BCUT2D eigenvalue weighted by atomic mass is 9.81. The number of nitrogens with zero attached hydrogens (tertiary/aromatic N) is 2. The van der Waals surface area contributed by atoms with Crippen molar-refractivity contribution < 1.29 is 97.4 Å². The second-order valence-corrected chi connectivity index (χ2v) is 27.4. The van der Waals surface area contributed by atoms with Crippen LogP contribution in [0.2, 0.25) is 0 Å². The number of hydrogen-bond acceptors (Lipinski definition) is 15. The van der Waals surface area contributed by atoms with E-state index in [1.54, 1.807) is 30.3 Å². The van der Waals surface area contributed by atoms with Gasteiger partial charge in [0.2, 0.25) is 11.6 Å². The topological polar surface area (TPSA) is 398 Å². The number of carbonyl (C=O) groups is 6. The van der Waals surface area contributed by atoms with Gasteiger partial charge in [-0.05, 0) is 142 Å². The number of carboxylic acids is 4. The Labute approximate surface area is 509 Å². The first-order valence-electron chi connectivity index (χ1n) is 27.7. The summed E-state index contributed by atoms with van der Waals surface area (Å²) in [6.45, 7) is 8.55. The Morgan fingerprint density at radius 3 is 1.89 bits per heavy atom. The Balaban J connectivity index is 1.33. The second-order valence-electron chi connectivity index (χ2n) is 22.3. The van der Waals surface area contributed by atoms with E-state index in [4.69, 9.17) is 9.84 Å². The van der Waals surface area contributed by atoms with Crippen molar-refractivity contribution in [1.82, 2.24) is 16.0 Å². The van der Waals surface area contributed by atoms with Gasteiger partial charge in [0.1, 0.15) is 36.2 Å². The molecule has 3 amide bonds. The van der Waals surface area contributed by atoms with Gasteiger partial charge in [0.05, 0.1) is 21.8 Å². The molecule has 29 heteroatoms. The molecule has 3 aliphatic rings. The van der Waals surface area contributed by atoms with Crippen LogP contribution in [0.25, 0.3) is 0 Å².